The van der Waals surface area contributed by atoms with E-state index in [0.29, 0.717) is 35.2 Å². The normalized spacial score (nSPS) is 11.3. The first-order valence-electron chi connectivity index (χ1n) is 6.42. The maximum absolute atomic E-state index is 14.2. The predicted octanol–water partition coefficient (Wildman–Crippen LogP) is 2.51. The fraction of sp³-hybridized carbons (Fsp3) is 0.429. The van der Waals surface area contributed by atoms with Gasteiger partial charge in [0.15, 0.2) is 5.82 Å². The Hall–Kier alpha value is -1.75. The van der Waals surface area contributed by atoms with Crippen LogP contribution in [0.5, 0.6) is 0 Å². The Balaban J connectivity index is 2.55. The highest BCUT2D eigenvalue weighted by Crippen LogP contribution is 2.24. The average molecular weight is 262 g/mol. The van der Waals surface area contributed by atoms with Crippen LogP contribution in [0.3, 0.4) is 0 Å². The lowest BCUT2D eigenvalue weighted by Crippen LogP contribution is -2.13. The number of rotatable bonds is 4. The average Bonchev–Trinajstić information content (AvgIpc) is 2.75. The van der Waals surface area contributed by atoms with Gasteiger partial charge in [-0.05, 0) is 24.5 Å². The van der Waals surface area contributed by atoms with Gasteiger partial charge in [0.2, 0.25) is 0 Å². The molecule has 0 aliphatic heterocycles. The van der Waals surface area contributed by atoms with Crippen molar-refractivity contribution in [3.63, 3.8) is 0 Å². The molecule has 5 heteroatoms. The number of halogens is 1. The van der Waals surface area contributed by atoms with Crippen molar-refractivity contribution in [2.75, 3.05) is 0 Å². The van der Waals surface area contributed by atoms with Gasteiger partial charge in [-0.3, -0.25) is 0 Å². The summed E-state index contributed by atoms with van der Waals surface area (Å²) in [6.07, 6.45) is 0. The lowest BCUT2D eigenvalue weighted by Gasteiger charge is -2.13. The third-order valence-electron chi connectivity index (χ3n) is 2.99. The van der Waals surface area contributed by atoms with E-state index in [1.54, 1.807) is 19.1 Å². The number of aromatic nitrogens is 3. The van der Waals surface area contributed by atoms with E-state index in [4.69, 9.17) is 5.73 Å². The Morgan fingerprint density at radius 3 is 2.68 bits per heavy atom. The quantitative estimate of drug-likeness (QED) is 0.921. The highest BCUT2D eigenvalue weighted by molar-refractivity contribution is 5.57. The van der Waals surface area contributed by atoms with Gasteiger partial charge in [-0.25, -0.2) is 4.39 Å². The van der Waals surface area contributed by atoms with E-state index in [0.717, 1.165) is 6.54 Å². The molecule has 1 heterocycles. The fourth-order valence-electron chi connectivity index (χ4n) is 2.06. The molecule has 0 saturated heterocycles. The van der Waals surface area contributed by atoms with E-state index in [9.17, 15) is 4.39 Å². The first kappa shape index (κ1) is 13.7. The van der Waals surface area contributed by atoms with Crippen LogP contribution in [0, 0.1) is 18.7 Å². The van der Waals surface area contributed by atoms with Crippen molar-refractivity contribution in [1.82, 2.24) is 14.8 Å². The van der Waals surface area contributed by atoms with Crippen LogP contribution in [-0.2, 0) is 13.1 Å². The lowest BCUT2D eigenvalue weighted by atomic mass is 10.1. The molecule has 0 bridgehead atoms. The summed E-state index contributed by atoms with van der Waals surface area (Å²) in [5.74, 6) is 1.40. The van der Waals surface area contributed by atoms with Gasteiger partial charge in [-0.1, -0.05) is 26.0 Å². The summed E-state index contributed by atoms with van der Waals surface area (Å²) in [7, 11) is 0. The zero-order valence-corrected chi connectivity index (χ0v) is 11.5. The maximum Gasteiger partial charge on any atom is 0.166 e. The number of aryl methyl sites for hydroxylation is 1. The number of nitrogens with two attached hydrogens (primary N) is 1. The summed E-state index contributed by atoms with van der Waals surface area (Å²) in [5.41, 5.74) is 6.75. The standard InChI is InChI=1S/C14H19FN4/c1-9(2)8-19-12(7-16)17-18-14(19)11-6-4-5-10(3)13(11)15/h4-6,9H,7-8,16H2,1-3H3. The van der Waals surface area contributed by atoms with Crippen LogP contribution in [-0.4, -0.2) is 14.8 Å². The molecule has 0 unspecified atom stereocenters. The third-order valence-corrected chi connectivity index (χ3v) is 2.99. The monoisotopic (exact) mass is 262 g/mol. The second-order valence-electron chi connectivity index (χ2n) is 5.08. The van der Waals surface area contributed by atoms with Gasteiger partial charge in [-0.15, -0.1) is 10.2 Å². The topological polar surface area (TPSA) is 56.7 Å². The van der Waals surface area contributed by atoms with Crippen LogP contribution in [0.15, 0.2) is 18.2 Å². The van der Waals surface area contributed by atoms with Crippen LogP contribution in [0.25, 0.3) is 11.4 Å². The summed E-state index contributed by atoms with van der Waals surface area (Å²) in [6, 6.07) is 5.29. The van der Waals surface area contributed by atoms with Crippen molar-refractivity contribution in [3.8, 4) is 11.4 Å². The first-order chi connectivity index (χ1) is 9.04. The molecule has 0 fully saturated rings. The molecule has 0 aliphatic rings. The molecular formula is C14H19FN4. The van der Waals surface area contributed by atoms with Crippen LogP contribution in [0.1, 0.15) is 25.2 Å². The zero-order chi connectivity index (χ0) is 14.0. The number of nitrogens with zero attached hydrogens (tertiary/aromatic N) is 3. The summed E-state index contributed by atoms with van der Waals surface area (Å²) in [5, 5.41) is 8.16. The molecule has 2 aromatic rings. The summed E-state index contributed by atoms with van der Waals surface area (Å²) < 4.78 is 16.1. The van der Waals surface area contributed by atoms with Gasteiger partial charge in [0, 0.05) is 6.54 Å². The summed E-state index contributed by atoms with van der Waals surface area (Å²) >= 11 is 0. The molecular weight excluding hydrogens is 243 g/mol. The minimum absolute atomic E-state index is 0.247. The molecule has 0 saturated carbocycles. The van der Waals surface area contributed by atoms with Crippen LogP contribution >= 0.6 is 0 Å². The zero-order valence-electron chi connectivity index (χ0n) is 11.5. The van der Waals surface area contributed by atoms with E-state index in [-0.39, 0.29) is 5.82 Å². The molecule has 1 aromatic heterocycles. The molecule has 0 radical (unpaired) electrons. The van der Waals surface area contributed by atoms with E-state index in [1.807, 2.05) is 10.6 Å². The second-order valence-corrected chi connectivity index (χ2v) is 5.08. The van der Waals surface area contributed by atoms with Crippen LogP contribution in [0.2, 0.25) is 0 Å². The molecule has 19 heavy (non-hydrogen) atoms. The molecule has 0 amide bonds. The van der Waals surface area contributed by atoms with Gasteiger partial charge in [0.25, 0.3) is 0 Å². The van der Waals surface area contributed by atoms with Crippen LogP contribution < -0.4 is 5.73 Å². The molecule has 4 nitrogen and oxygen atoms in total. The van der Waals surface area contributed by atoms with Gasteiger partial charge >= 0.3 is 0 Å². The fourth-order valence-corrected chi connectivity index (χ4v) is 2.06. The number of hydrogen-bond donors (Lipinski definition) is 1. The SMILES string of the molecule is Cc1cccc(-c2nnc(CN)n2CC(C)C)c1F. The summed E-state index contributed by atoms with van der Waals surface area (Å²) in [6.45, 7) is 6.95. The Labute approximate surface area is 112 Å². The van der Waals surface area contributed by atoms with Crippen molar-refractivity contribution >= 4 is 0 Å². The molecule has 2 N–H and O–H groups in total. The minimum atomic E-state index is -0.247. The Morgan fingerprint density at radius 2 is 2.05 bits per heavy atom. The van der Waals surface area contributed by atoms with Gasteiger partial charge in [0.05, 0.1) is 12.1 Å². The predicted molar refractivity (Wildman–Crippen MR) is 72.9 cm³/mol. The Kier molecular flexibility index (Phi) is 3.95. The lowest BCUT2D eigenvalue weighted by molar-refractivity contribution is 0.509. The van der Waals surface area contributed by atoms with Gasteiger partial charge in [-0.2, -0.15) is 0 Å². The third kappa shape index (κ3) is 2.66. The van der Waals surface area contributed by atoms with Crippen molar-refractivity contribution in [1.29, 1.82) is 0 Å². The molecule has 1 aromatic carbocycles. The molecule has 2 rings (SSSR count). The van der Waals surface area contributed by atoms with E-state index in [2.05, 4.69) is 24.0 Å². The highest BCUT2D eigenvalue weighted by atomic mass is 19.1. The van der Waals surface area contributed by atoms with Crippen molar-refractivity contribution in [3.05, 3.63) is 35.4 Å². The van der Waals surface area contributed by atoms with E-state index < -0.39 is 0 Å². The first-order valence-corrected chi connectivity index (χ1v) is 6.42. The maximum atomic E-state index is 14.2. The largest absolute Gasteiger partial charge is 0.324 e. The van der Waals surface area contributed by atoms with E-state index in [1.165, 1.54) is 0 Å². The Bertz CT molecular complexity index is 575. The molecule has 0 spiro atoms. The minimum Gasteiger partial charge on any atom is -0.324 e. The van der Waals surface area contributed by atoms with Crippen molar-refractivity contribution in [2.24, 2.45) is 11.7 Å². The van der Waals surface area contributed by atoms with Gasteiger partial charge in [0.1, 0.15) is 11.6 Å². The van der Waals surface area contributed by atoms with E-state index >= 15 is 0 Å². The van der Waals surface area contributed by atoms with Crippen molar-refractivity contribution in [2.45, 2.75) is 33.9 Å². The second kappa shape index (κ2) is 5.48. The van der Waals surface area contributed by atoms with Gasteiger partial charge < -0.3 is 10.3 Å². The summed E-state index contributed by atoms with van der Waals surface area (Å²) in [4.78, 5) is 0. The number of benzene rings is 1. The molecule has 102 valence electrons. The van der Waals surface area contributed by atoms with Crippen molar-refractivity contribution < 1.29 is 4.39 Å². The highest BCUT2D eigenvalue weighted by Gasteiger charge is 2.17. The number of hydrogen-bond acceptors (Lipinski definition) is 3. The Morgan fingerprint density at radius 1 is 1.32 bits per heavy atom. The smallest absolute Gasteiger partial charge is 0.166 e. The molecule has 0 aliphatic carbocycles. The molecule has 0 atom stereocenters. The van der Waals surface area contributed by atoms with Crippen LogP contribution in [0.4, 0.5) is 4.39 Å².